The van der Waals surface area contributed by atoms with Crippen LogP contribution in [0.1, 0.15) is 42.9 Å². The highest BCUT2D eigenvalue weighted by atomic mass is 79.9. The van der Waals surface area contributed by atoms with E-state index in [0.29, 0.717) is 17.3 Å². The van der Waals surface area contributed by atoms with Crippen molar-refractivity contribution in [1.29, 1.82) is 0 Å². The second-order valence-corrected chi connectivity index (χ2v) is 5.96. The SMILES string of the molecule is NC(CCC1CCCO1)c1ccc(Br)cc1C(F)(F)F. The number of ether oxygens (including phenoxy) is 1. The first-order valence-corrected chi connectivity index (χ1v) is 7.41. The molecule has 1 aliphatic rings. The zero-order valence-corrected chi connectivity index (χ0v) is 12.5. The minimum atomic E-state index is -4.39. The van der Waals surface area contributed by atoms with Gasteiger partial charge in [-0.1, -0.05) is 22.0 Å². The Balaban J connectivity index is 2.10. The number of hydrogen-bond donors (Lipinski definition) is 1. The van der Waals surface area contributed by atoms with Gasteiger partial charge in [-0.05, 0) is 43.4 Å². The number of alkyl halides is 3. The molecule has 1 aliphatic heterocycles. The molecular formula is C14H17BrF3NO. The van der Waals surface area contributed by atoms with Crippen molar-refractivity contribution in [3.8, 4) is 0 Å². The van der Waals surface area contributed by atoms with Gasteiger partial charge >= 0.3 is 6.18 Å². The van der Waals surface area contributed by atoms with Crippen molar-refractivity contribution < 1.29 is 17.9 Å². The quantitative estimate of drug-likeness (QED) is 0.870. The van der Waals surface area contributed by atoms with E-state index in [1.54, 1.807) is 6.07 Å². The van der Waals surface area contributed by atoms with E-state index in [-0.39, 0.29) is 11.7 Å². The predicted octanol–water partition coefficient (Wildman–Crippen LogP) is 4.43. The van der Waals surface area contributed by atoms with Gasteiger partial charge in [0.1, 0.15) is 0 Å². The van der Waals surface area contributed by atoms with E-state index in [1.807, 2.05) is 0 Å². The summed E-state index contributed by atoms with van der Waals surface area (Å²) in [5.74, 6) is 0. The van der Waals surface area contributed by atoms with Gasteiger partial charge < -0.3 is 10.5 Å². The Morgan fingerprint density at radius 3 is 2.75 bits per heavy atom. The normalized spacial score (nSPS) is 21.1. The van der Waals surface area contributed by atoms with Crippen molar-refractivity contribution >= 4 is 15.9 Å². The Hall–Kier alpha value is -0.590. The molecule has 0 aromatic heterocycles. The summed E-state index contributed by atoms with van der Waals surface area (Å²) in [6.45, 7) is 0.742. The van der Waals surface area contributed by atoms with Gasteiger partial charge in [0.25, 0.3) is 0 Å². The summed E-state index contributed by atoms with van der Waals surface area (Å²) in [4.78, 5) is 0. The van der Waals surface area contributed by atoms with Gasteiger partial charge in [-0.25, -0.2) is 0 Å². The fourth-order valence-corrected chi connectivity index (χ4v) is 2.85. The molecule has 2 rings (SSSR count). The third-order valence-corrected chi connectivity index (χ3v) is 4.04. The summed E-state index contributed by atoms with van der Waals surface area (Å²) in [6, 6.07) is 3.51. The lowest BCUT2D eigenvalue weighted by molar-refractivity contribution is -0.138. The fourth-order valence-electron chi connectivity index (χ4n) is 2.49. The summed E-state index contributed by atoms with van der Waals surface area (Å²) in [5, 5.41) is 0. The maximum absolute atomic E-state index is 13.0. The van der Waals surface area contributed by atoms with E-state index >= 15 is 0 Å². The molecular weight excluding hydrogens is 335 g/mol. The topological polar surface area (TPSA) is 35.2 Å². The first-order valence-electron chi connectivity index (χ1n) is 6.62. The predicted molar refractivity (Wildman–Crippen MR) is 74.3 cm³/mol. The van der Waals surface area contributed by atoms with Crippen LogP contribution < -0.4 is 5.73 Å². The Bertz CT molecular complexity index is 458. The van der Waals surface area contributed by atoms with Crippen LogP contribution in [0.3, 0.4) is 0 Å². The fraction of sp³-hybridized carbons (Fsp3) is 0.571. The van der Waals surface area contributed by atoms with Crippen molar-refractivity contribution in [2.75, 3.05) is 6.61 Å². The van der Waals surface area contributed by atoms with E-state index in [1.165, 1.54) is 6.07 Å². The number of nitrogens with two attached hydrogens (primary N) is 1. The molecule has 0 saturated carbocycles. The molecule has 0 aliphatic carbocycles. The molecule has 0 radical (unpaired) electrons. The second kappa shape index (κ2) is 6.45. The zero-order chi connectivity index (χ0) is 14.8. The molecule has 0 amide bonds. The lowest BCUT2D eigenvalue weighted by Gasteiger charge is -2.20. The molecule has 1 fully saturated rings. The Kier molecular flexibility index (Phi) is 5.09. The highest BCUT2D eigenvalue weighted by Crippen LogP contribution is 2.37. The molecule has 112 valence electrons. The van der Waals surface area contributed by atoms with Crippen LogP contribution in [0.4, 0.5) is 13.2 Å². The highest BCUT2D eigenvalue weighted by Gasteiger charge is 2.35. The molecule has 2 N–H and O–H groups in total. The molecule has 20 heavy (non-hydrogen) atoms. The third kappa shape index (κ3) is 3.96. The minimum Gasteiger partial charge on any atom is -0.378 e. The van der Waals surface area contributed by atoms with Crippen molar-refractivity contribution in [1.82, 2.24) is 0 Å². The van der Waals surface area contributed by atoms with Crippen LogP contribution in [0.25, 0.3) is 0 Å². The Labute approximate surface area is 124 Å². The van der Waals surface area contributed by atoms with Gasteiger partial charge in [-0.3, -0.25) is 0 Å². The average Bonchev–Trinajstić information content (AvgIpc) is 2.88. The molecule has 0 bridgehead atoms. The number of rotatable bonds is 4. The van der Waals surface area contributed by atoms with E-state index in [2.05, 4.69) is 15.9 Å². The highest BCUT2D eigenvalue weighted by molar-refractivity contribution is 9.10. The lowest BCUT2D eigenvalue weighted by Crippen LogP contribution is -2.19. The number of halogens is 4. The molecule has 6 heteroatoms. The van der Waals surface area contributed by atoms with Crippen molar-refractivity contribution in [3.05, 3.63) is 33.8 Å². The lowest BCUT2D eigenvalue weighted by atomic mass is 9.95. The number of benzene rings is 1. The Morgan fingerprint density at radius 2 is 2.15 bits per heavy atom. The second-order valence-electron chi connectivity index (χ2n) is 5.05. The zero-order valence-electron chi connectivity index (χ0n) is 10.9. The third-order valence-electron chi connectivity index (χ3n) is 3.54. The first kappa shape index (κ1) is 15.8. The van der Waals surface area contributed by atoms with Gasteiger partial charge in [-0.2, -0.15) is 13.2 Å². The van der Waals surface area contributed by atoms with Crippen LogP contribution in [-0.2, 0) is 10.9 Å². The molecule has 1 heterocycles. The van der Waals surface area contributed by atoms with Crippen molar-refractivity contribution in [2.45, 2.75) is 44.0 Å². The van der Waals surface area contributed by atoms with Crippen LogP contribution >= 0.6 is 15.9 Å². The van der Waals surface area contributed by atoms with Crippen LogP contribution in [-0.4, -0.2) is 12.7 Å². The molecule has 1 saturated heterocycles. The van der Waals surface area contributed by atoms with E-state index in [9.17, 15) is 13.2 Å². The summed E-state index contributed by atoms with van der Waals surface area (Å²) in [5.41, 5.74) is 5.44. The van der Waals surface area contributed by atoms with Crippen LogP contribution in [0.15, 0.2) is 22.7 Å². The van der Waals surface area contributed by atoms with E-state index in [4.69, 9.17) is 10.5 Å². The van der Waals surface area contributed by atoms with Gasteiger partial charge in [0.2, 0.25) is 0 Å². The molecule has 2 unspecified atom stereocenters. The van der Waals surface area contributed by atoms with Crippen LogP contribution in [0, 0.1) is 0 Å². The minimum absolute atomic E-state index is 0.144. The monoisotopic (exact) mass is 351 g/mol. The first-order chi connectivity index (χ1) is 9.38. The molecule has 1 aromatic rings. The summed E-state index contributed by atoms with van der Waals surface area (Å²) in [6.07, 6.45) is -1.05. The molecule has 2 atom stereocenters. The van der Waals surface area contributed by atoms with Gasteiger partial charge in [0.15, 0.2) is 0 Å². The largest absolute Gasteiger partial charge is 0.416 e. The molecule has 1 aromatic carbocycles. The van der Waals surface area contributed by atoms with E-state index < -0.39 is 17.8 Å². The van der Waals surface area contributed by atoms with Gasteiger partial charge in [0, 0.05) is 17.1 Å². The number of hydrogen-bond acceptors (Lipinski definition) is 2. The van der Waals surface area contributed by atoms with Crippen LogP contribution in [0.2, 0.25) is 0 Å². The standard InChI is InChI=1S/C14H17BrF3NO/c15-9-3-5-11(12(8-9)14(16,17)18)13(19)6-4-10-2-1-7-20-10/h3,5,8,10,13H,1-2,4,6-7,19H2. The maximum atomic E-state index is 13.0. The molecule has 2 nitrogen and oxygen atoms in total. The maximum Gasteiger partial charge on any atom is 0.416 e. The van der Waals surface area contributed by atoms with Crippen molar-refractivity contribution in [2.24, 2.45) is 5.73 Å². The van der Waals surface area contributed by atoms with Crippen molar-refractivity contribution in [3.63, 3.8) is 0 Å². The Morgan fingerprint density at radius 1 is 1.40 bits per heavy atom. The average molecular weight is 352 g/mol. The summed E-state index contributed by atoms with van der Waals surface area (Å²) in [7, 11) is 0. The van der Waals surface area contributed by atoms with Crippen LogP contribution in [0.5, 0.6) is 0 Å². The van der Waals surface area contributed by atoms with E-state index in [0.717, 1.165) is 25.5 Å². The summed E-state index contributed by atoms with van der Waals surface area (Å²) < 4.78 is 45.0. The van der Waals surface area contributed by atoms with Gasteiger partial charge in [-0.15, -0.1) is 0 Å². The van der Waals surface area contributed by atoms with Gasteiger partial charge in [0.05, 0.1) is 11.7 Å². The molecule has 0 spiro atoms. The smallest absolute Gasteiger partial charge is 0.378 e. The summed E-state index contributed by atoms with van der Waals surface area (Å²) >= 11 is 3.07.